The van der Waals surface area contributed by atoms with Crippen LogP contribution in [0.3, 0.4) is 0 Å². The van der Waals surface area contributed by atoms with Crippen LogP contribution in [0.15, 0.2) is 24.3 Å². The molecule has 0 aromatic heterocycles. The first-order chi connectivity index (χ1) is 11.1. The number of benzene rings is 1. The topological polar surface area (TPSA) is 35.6 Å². The van der Waals surface area contributed by atoms with E-state index in [0.717, 1.165) is 19.6 Å². The molecule has 1 aromatic carbocycles. The molecule has 2 heterocycles. The number of carbonyl (C=O) groups is 1. The third kappa shape index (κ3) is 4.13. The van der Waals surface area contributed by atoms with Gasteiger partial charge in [-0.1, -0.05) is 24.3 Å². The van der Waals surface area contributed by atoms with Gasteiger partial charge in [-0.05, 0) is 43.9 Å². The van der Waals surface area contributed by atoms with Crippen LogP contribution in [-0.4, -0.2) is 55.0 Å². The Morgan fingerprint density at radius 3 is 2.56 bits per heavy atom. The lowest BCUT2D eigenvalue weighted by atomic mass is 9.88. The van der Waals surface area contributed by atoms with Crippen molar-refractivity contribution in [3.05, 3.63) is 35.4 Å². The number of hydrogen-bond donors (Lipinski definition) is 1. The van der Waals surface area contributed by atoms with Crippen LogP contribution >= 0.6 is 24.8 Å². The maximum Gasteiger partial charge on any atom is 0.236 e. The van der Waals surface area contributed by atoms with E-state index in [4.69, 9.17) is 0 Å². The van der Waals surface area contributed by atoms with Crippen LogP contribution in [0.1, 0.15) is 30.0 Å². The number of halogens is 2. The lowest BCUT2D eigenvalue weighted by Crippen LogP contribution is -2.39. The Bertz CT molecular complexity index is 608. The van der Waals surface area contributed by atoms with Crippen LogP contribution in [0.2, 0.25) is 0 Å². The summed E-state index contributed by atoms with van der Waals surface area (Å²) in [7, 11) is 2.23. The molecule has 1 N–H and O–H groups in total. The predicted molar refractivity (Wildman–Crippen MR) is 106 cm³/mol. The van der Waals surface area contributed by atoms with Gasteiger partial charge in [-0.3, -0.25) is 9.69 Å². The Balaban J connectivity index is 0.00000113. The van der Waals surface area contributed by atoms with E-state index in [0.29, 0.717) is 30.5 Å². The summed E-state index contributed by atoms with van der Waals surface area (Å²) in [6, 6.07) is 9.77. The Kier molecular flexibility index (Phi) is 6.77. The van der Waals surface area contributed by atoms with Gasteiger partial charge in [0, 0.05) is 37.6 Å². The molecule has 2 aliphatic heterocycles. The summed E-state index contributed by atoms with van der Waals surface area (Å²) >= 11 is 0. The summed E-state index contributed by atoms with van der Waals surface area (Å²) in [5, 5.41) is 3.36. The van der Waals surface area contributed by atoms with Gasteiger partial charge in [0.2, 0.25) is 5.91 Å². The summed E-state index contributed by atoms with van der Waals surface area (Å²) in [6.07, 6.45) is 2.47. The largest absolute Gasteiger partial charge is 0.341 e. The van der Waals surface area contributed by atoms with Crippen LogP contribution in [0.4, 0.5) is 0 Å². The van der Waals surface area contributed by atoms with E-state index in [2.05, 4.69) is 53.4 Å². The summed E-state index contributed by atoms with van der Waals surface area (Å²) in [5.41, 5.74) is 2.80. The quantitative estimate of drug-likeness (QED) is 0.864. The first-order valence-electron chi connectivity index (χ1n) is 8.90. The fourth-order valence-electron chi connectivity index (χ4n) is 4.48. The Morgan fingerprint density at radius 2 is 1.88 bits per heavy atom. The van der Waals surface area contributed by atoms with Crippen LogP contribution in [-0.2, 0) is 4.79 Å². The zero-order valence-corrected chi connectivity index (χ0v) is 16.6. The third-order valence-corrected chi connectivity index (χ3v) is 5.87. The zero-order chi connectivity index (χ0) is 16.0. The van der Waals surface area contributed by atoms with Gasteiger partial charge >= 0.3 is 0 Å². The van der Waals surface area contributed by atoms with Crippen molar-refractivity contribution < 1.29 is 4.79 Å². The number of likely N-dealkylation sites (tertiary alicyclic amines) is 2. The molecule has 4 nitrogen and oxygen atoms in total. The van der Waals surface area contributed by atoms with Gasteiger partial charge in [0.15, 0.2) is 0 Å². The van der Waals surface area contributed by atoms with Crippen molar-refractivity contribution in [3.63, 3.8) is 0 Å². The molecule has 3 aliphatic rings. The molecule has 0 unspecified atom stereocenters. The molecular weight excluding hydrogens is 357 g/mol. The van der Waals surface area contributed by atoms with Crippen molar-refractivity contribution >= 4 is 30.7 Å². The molecular formula is C19H29Cl2N3O. The number of carbonyl (C=O) groups excluding carboxylic acids is 1. The molecule has 25 heavy (non-hydrogen) atoms. The molecule has 0 spiro atoms. The molecule has 0 bridgehead atoms. The molecule has 0 radical (unpaired) electrons. The smallest absolute Gasteiger partial charge is 0.236 e. The number of rotatable bonds is 4. The molecule has 3 fully saturated rings. The van der Waals surface area contributed by atoms with Gasteiger partial charge in [0.25, 0.3) is 0 Å². The van der Waals surface area contributed by atoms with Crippen molar-refractivity contribution in [1.29, 1.82) is 0 Å². The van der Waals surface area contributed by atoms with E-state index in [1.54, 1.807) is 0 Å². The van der Waals surface area contributed by atoms with Gasteiger partial charge in [-0.15, -0.1) is 24.8 Å². The molecule has 1 saturated carbocycles. The normalized spacial score (nSPS) is 28.2. The highest BCUT2D eigenvalue weighted by Crippen LogP contribution is 2.44. The van der Waals surface area contributed by atoms with Gasteiger partial charge in [-0.25, -0.2) is 0 Å². The van der Waals surface area contributed by atoms with Crippen molar-refractivity contribution in [2.75, 3.05) is 33.2 Å². The lowest BCUT2D eigenvalue weighted by Gasteiger charge is -2.28. The summed E-state index contributed by atoms with van der Waals surface area (Å²) < 4.78 is 0. The Labute approximate surface area is 163 Å². The predicted octanol–water partition coefficient (Wildman–Crippen LogP) is 2.65. The number of aryl methyl sites for hydroxylation is 1. The summed E-state index contributed by atoms with van der Waals surface area (Å²) in [6.45, 7) is 5.67. The van der Waals surface area contributed by atoms with Gasteiger partial charge in [-0.2, -0.15) is 0 Å². The van der Waals surface area contributed by atoms with E-state index in [-0.39, 0.29) is 30.7 Å². The average Bonchev–Trinajstić information content (AvgIpc) is 3.20. The van der Waals surface area contributed by atoms with E-state index in [1.165, 1.54) is 24.0 Å². The second-order valence-corrected chi connectivity index (χ2v) is 7.62. The van der Waals surface area contributed by atoms with Crippen LogP contribution in [0.5, 0.6) is 0 Å². The summed E-state index contributed by atoms with van der Waals surface area (Å²) in [4.78, 5) is 17.0. The second kappa shape index (κ2) is 8.26. The highest BCUT2D eigenvalue weighted by atomic mass is 35.5. The van der Waals surface area contributed by atoms with Crippen molar-refractivity contribution in [2.24, 2.45) is 11.8 Å². The monoisotopic (exact) mass is 385 g/mol. The molecule has 2 saturated heterocycles. The molecule has 1 amide bonds. The minimum atomic E-state index is 0. The number of nitrogens with zero attached hydrogens (tertiary/aromatic N) is 2. The van der Waals surface area contributed by atoms with Gasteiger partial charge in [0.05, 0.1) is 6.54 Å². The van der Waals surface area contributed by atoms with Crippen molar-refractivity contribution in [1.82, 2.24) is 15.1 Å². The van der Waals surface area contributed by atoms with E-state index in [9.17, 15) is 4.79 Å². The Morgan fingerprint density at radius 1 is 1.16 bits per heavy atom. The van der Waals surface area contributed by atoms with Crippen LogP contribution in [0.25, 0.3) is 0 Å². The molecule has 1 aromatic rings. The van der Waals surface area contributed by atoms with E-state index >= 15 is 0 Å². The van der Waals surface area contributed by atoms with Crippen LogP contribution in [0, 0.1) is 18.8 Å². The summed E-state index contributed by atoms with van der Waals surface area (Å²) in [5.74, 6) is 1.48. The molecule has 3 atom stereocenters. The molecule has 140 valence electrons. The SMILES string of the molecule is Cc1ccccc1[C@@H]1[C@@H]2CN(C(=O)CNC3CC3)C[C@@H]2CN1C.Cl.Cl. The maximum absolute atomic E-state index is 12.5. The fraction of sp³-hybridized carbons (Fsp3) is 0.632. The highest BCUT2D eigenvalue weighted by Gasteiger charge is 2.47. The second-order valence-electron chi connectivity index (χ2n) is 7.62. The minimum absolute atomic E-state index is 0. The van der Waals surface area contributed by atoms with Crippen LogP contribution < -0.4 is 5.32 Å². The number of amides is 1. The Hall–Kier alpha value is -0.810. The average molecular weight is 386 g/mol. The van der Waals surface area contributed by atoms with E-state index < -0.39 is 0 Å². The maximum atomic E-state index is 12.5. The molecule has 4 rings (SSSR count). The third-order valence-electron chi connectivity index (χ3n) is 5.87. The molecule has 1 aliphatic carbocycles. The fourth-order valence-corrected chi connectivity index (χ4v) is 4.48. The van der Waals surface area contributed by atoms with Crippen molar-refractivity contribution in [2.45, 2.75) is 31.8 Å². The minimum Gasteiger partial charge on any atom is -0.341 e. The molecule has 6 heteroatoms. The van der Waals surface area contributed by atoms with Gasteiger partial charge in [0.1, 0.15) is 0 Å². The van der Waals surface area contributed by atoms with Gasteiger partial charge < -0.3 is 10.2 Å². The van der Waals surface area contributed by atoms with E-state index in [1.807, 2.05) is 0 Å². The van der Waals surface area contributed by atoms with Crippen molar-refractivity contribution in [3.8, 4) is 0 Å². The number of fused-ring (bicyclic) bond motifs is 1. The first-order valence-corrected chi connectivity index (χ1v) is 8.90. The standard InChI is InChI=1S/C19H27N3O.2ClH/c1-13-5-3-4-6-16(13)19-17-12-22(11-14(17)10-21(19)2)18(23)9-20-15-7-8-15;;/h3-6,14-15,17,19-20H,7-12H2,1-2H3;2*1H/t14-,17+,19+;;/m0../s1. The highest BCUT2D eigenvalue weighted by molar-refractivity contribution is 5.85. The zero-order valence-electron chi connectivity index (χ0n) is 15.0. The number of nitrogens with one attached hydrogen (secondary N) is 1. The lowest BCUT2D eigenvalue weighted by molar-refractivity contribution is -0.129. The first kappa shape index (κ1) is 20.5. The number of hydrogen-bond acceptors (Lipinski definition) is 3.